The Morgan fingerprint density at radius 2 is 1.81 bits per heavy atom. The van der Waals surface area contributed by atoms with Gasteiger partial charge in [-0.3, -0.25) is 0 Å². The summed E-state index contributed by atoms with van der Waals surface area (Å²) < 4.78 is 5.44. The molecule has 1 heterocycles. The van der Waals surface area contributed by atoms with Crippen molar-refractivity contribution in [2.45, 2.75) is 71.1 Å². The first-order valence-corrected chi connectivity index (χ1v) is 6.76. The molecule has 0 fully saturated rings. The highest BCUT2D eigenvalue weighted by atomic mass is 16.3. The maximum Gasteiger partial charge on any atom is 0.180 e. The van der Waals surface area contributed by atoms with Crippen LogP contribution < -0.4 is 0 Å². The van der Waals surface area contributed by atoms with E-state index in [0.29, 0.717) is 5.92 Å². The number of oxazole rings is 1. The normalized spacial score (nSPS) is 12.9. The quantitative estimate of drug-likeness (QED) is 0.555. The van der Waals surface area contributed by atoms with Crippen LogP contribution in [0.1, 0.15) is 76.9 Å². The zero-order valence-corrected chi connectivity index (χ0v) is 10.7. The molecule has 0 amide bonds. The Labute approximate surface area is 99.5 Å². The molecule has 0 bridgehead atoms. The van der Waals surface area contributed by atoms with Crippen molar-refractivity contribution in [2.24, 2.45) is 0 Å². The molecule has 0 aromatic carbocycles. The zero-order valence-electron chi connectivity index (χ0n) is 10.7. The fourth-order valence-corrected chi connectivity index (χ4v) is 2.12. The van der Waals surface area contributed by atoms with Crippen LogP contribution in [0.4, 0.5) is 0 Å². The second kappa shape index (κ2) is 8.37. The number of nitrogens with zero attached hydrogens (tertiary/aromatic N) is 1. The molecule has 1 atom stereocenters. The van der Waals surface area contributed by atoms with Crippen molar-refractivity contribution in [3.63, 3.8) is 0 Å². The molecular formula is C14H25NO. The first-order valence-electron chi connectivity index (χ1n) is 6.76. The van der Waals surface area contributed by atoms with Crippen LogP contribution in [-0.2, 0) is 0 Å². The molecule has 1 aromatic rings. The molecule has 0 aliphatic rings. The highest BCUT2D eigenvalue weighted by molar-refractivity contribution is 4.98. The predicted octanol–water partition coefficient (Wildman–Crippen LogP) is 4.92. The van der Waals surface area contributed by atoms with E-state index in [1.165, 1.54) is 51.4 Å². The molecule has 0 aliphatic carbocycles. The molecule has 92 valence electrons. The van der Waals surface area contributed by atoms with E-state index in [0.717, 1.165) is 5.76 Å². The van der Waals surface area contributed by atoms with Crippen LogP contribution in [0.2, 0.25) is 0 Å². The van der Waals surface area contributed by atoms with Crippen molar-refractivity contribution in [3.05, 3.63) is 18.4 Å². The summed E-state index contributed by atoms with van der Waals surface area (Å²) in [6, 6.07) is 0. The minimum atomic E-state index is 0.597. The molecule has 1 aromatic heterocycles. The van der Waals surface area contributed by atoms with Gasteiger partial charge in [0.25, 0.3) is 0 Å². The van der Waals surface area contributed by atoms with Crippen LogP contribution in [0.15, 0.2) is 17.0 Å². The molecule has 16 heavy (non-hydrogen) atoms. The number of rotatable bonds is 9. The Morgan fingerprint density at radius 3 is 2.44 bits per heavy atom. The van der Waals surface area contributed by atoms with Crippen LogP contribution in [-0.4, -0.2) is 4.98 Å². The van der Waals surface area contributed by atoms with E-state index in [1.54, 1.807) is 6.39 Å². The van der Waals surface area contributed by atoms with Gasteiger partial charge in [0.05, 0.1) is 6.20 Å². The summed E-state index contributed by atoms with van der Waals surface area (Å²) in [4.78, 5) is 4.03. The first-order chi connectivity index (χ1) is 7.88. The largest absolute Gasteiger partial charge is 0.448 e. The number of hydrogen-bond donors (Lipinski definition) is 0. The van der Waals surface area contributed by atoms with Crippen LogP contribution >= 0.6 is 0 Å². The van der Waals surface area contributed by atoms with Gasteiger partial charge >= 0.3 is 0 Å². The third-order valence-electron chi connectivity index (χ3n) is 3.17. The van der Waals surface area contributed by atoms with Crippen molar-refractivity contribution in [1.29, 1.82) is 0 Å². The van der Waals surface area contributed by atoms with E-state index in [9.17, 15) is 0 Å². The molecule has 1 unspecified atom stereocenters. The van der Waals surface area contributed by atoms with Gasteiger partial charge in [0, 0.05) is 5.92 Å². The van der Waals surface area contributed by atoms with Gasteiger partial charge in [0.1, 0.15) is 5.76 Å². The van der Waals surface area contributed by atoms with Gasteiger partial charge in [-0.2, -0.15) is 0 Å². The molecule has 0 saturated carbocycles. The van der Waals surface area contributed by atoms with E-state index < -0.39 is 0 Å². The molecular weight excluding hydrogens is 198 g/mol. The molecule has 2 nitrogen and oxygen atoms in total. The fourth-order valence-electron chi connectivity index (χ4n) is 2.12. The van der Waals surface area contributed by atoms with Crippen LogP contribution in [0.3, 0.4) is 0 Å². The van der Waals surface area contributed by atoms with Crippen LogP contribution in [0.5, 0.6) is 0 Å². The van der Waals surface area contributed by atoms with Crippen molar-refractivity contribution in [3.8, 4) is 0 Å². The van der Waals surface area contributed by atoms with E-state index in [-0.39, 0.29) is 0 Å². The summed E-state index contributed by atoms with van der Waals surface area (Å²) in [6.07, 6.45) is 13.8. The summed E-state index contributed by atoms with van der Waals surface area (Å²) >= 11 is 0. The topological polar surface area (TPSA) is 26.0 Å². The highest BCUT2D eigenvalue weighted by Crippen LogP contribution is 2.27. The lowest BCUT2D eigenvalue weighted by Crippen LogP contribution is -1.98. The second-order valence-corrected chi connectivity index (χ2v) is 4.59. The second-order valence-electron chi connectivity index (χ2n) is 4.59. The smallest absolute Gasteiger partial charge is 0.180 e. The maximum atomic E-state index is 5.44. The molecule has 2 heteroatoms. The molecule has 0 spiro atoms. The molecule has 0 saturated heterocycles. The van der Waals surface area contributed by atoms with Gasteiger partial charge in [0.2, 0.25) is 0 Å². The Balaban J connectivity index is 2.32. The average Bonchev–Trinajstić information content (AvgIpc) is 2.82. The van der Waals surface area contributed by atoms with Crippen molar-refractivity contribution in [2.75, 3.05) is 0 Å². The Morgan fingerprint density at radius 1 is 1.06 bits per heavy atom. The average molecular weight is 223 g/mol. The highest BCUT2D eigenvalue weighted by Gasteiger charge is 2.13. The lowest BCUT2D eigenvalue weighted by Gasteiger charge is -2.13. The van der Waals surface area contributed by atoms with Crippen molar-refractivity contribution >= 4 is 0 Å². The number of aromatic nitrogens is 1. The van der Waals surface area contributed by atoms with Gasteiger partial charge in [-0.1, -0.05) is 52.4 Å². The monoisotopic (exact) mass is 223 g/mol. The van der Waals surface area contributed by atoms with E-state index in [4.69, 9.17) is 4.42 Å². The Kier molecular flexibility index (Phi) is 6.95. The molecule has 0 N–H and O–H groups in total. The van der Waals surface area contributed by atoms with Gasteiger partial charge in [-0.25, -0.2) is 4.98 Å². The maximum absolute atomic E-state index is 5.44. The van der Waals surface area contributed by atoms with Crippen molar-refractivity contribution < 1.29 is 4.42 Å². The van der Waals surface area contributed by atoms with Gasteiger partial charge < -0.3 is 4.42 Å². The van der Waals surface area contributed by atoms with Crippen molar-refractivity contribution in [1.82, 2.24) is 4.98 Å². The van der Waals surface area contributed by atoms with E-state index in [1.807, 2.05) is 6.20 Å². The number of hydrogen-bond acceptors (Lipinski definition) is 2. The third-order valence-corrected chi connectivity index (χ3v) is 3.17. The third kappa shape index (κ3) is 4.82. The summed E-state index contributed by atoms with van der Waals surface area (Å²) in [5, 5.41) is 0. The summed E-state index contributed by atoms with van der Waals surface area (Å²) in [6.45, 7) is 4.50. The zero-order chi connectivity index (χ0) is 11.6. The molecule has 0 aliphatic heterocycles. The van der Waals surface area contributed by atoms with Crippen LogP contribution in [0.25, 0.3) is 0 Å². The van der Waals surface area contributed by atoms with Gasteiger partial charge in [-0.05, 0) is 12.8 Å². The van der Waals surface area contributed by atoms with Gasteiger partial charge in [0.15, 0.2) is 6.39 Å². The van der Waals surface area contributed by atoms with Gasteiger partial charge in [-0.15, -0.1) is 0 Å². The Hall–Kier alpha value is -0.790. The van der Waals surface area contributed by atoms with E-state index in [2.05, 4.69) is 18.8 Å². The standard InChI is InChI=1S/C14H25NO/c1-3-5-7-8-10-13(9-6-4-2)14-11-15-12-16-14/h11-13H,3-10H2,1-2H3. The summed E-state index contributed by atoms with van der Waals surface area (Å²) in [7, 11) is 0. The number of unbranched alkanes of at least 4 members (excludes halogenated alkanes) is 4. The minimum Gasteiger partial charge on any atom is -0.448 e. The lowest BCUT2D eigenvalue weighted by molar-refractivity contribution is 0.409. The lowest BCUT2D eigenvalue weighted by atomic mass is 9.93. The van der Waals surface area contributed by atoms with Crippen LogP contribution in [0, 0.1) is 0 Å². The Bertz CT molecular complexity index is 243. The summed E-state index contributed by atoms with van der Waals surface area (Å²) in [5.41, 5.74) is 0. The first kappa shape index (κ1) is 13.3. The molecule has 0 radical (unpaired) electrons. The predicted molar refractivity (Wildman–Crippen MR) is 67.5 cm³/mol. The minimum absolute atomic E-state index is 0.597. The fraction of sp³-hybridized carbons (Fsp3) is 0.786. The molecule has 1 rings (SSSR count). The van der Waals surface area contributed by atoms with E-state index >= 15 is 0 Å². The SMILES string of the molecule is CCCCCCC(CCCC)c1cnco1. The summed E-state index contributed by atoms with van der Waals surface area (Å²) in [5.74, 6) is 1.68.